The fraction of sp³-hybridized carbons (Fsp3) is 0.375. The van der Waals surface area contributed by atoms with Gasteiger partial charge in [0.2, 0.25) is 0 Å². The van der Waals surface area contributed by atoms with Gasteiger partial charge in [0, 0.05) is 17.3 Å². The zero-order valence-corrected chi connectivity index (χ0v) is 11.8. The topological polar surface area (TPSA) is 3.24 Å². The number of hydrogen-bond acceptors (Lipinski definition) is 2. The SMILES string of the molecule is CC1=CC(Cc2csc3ccccc23)N(C)CC1. The molecule has 2 heterocycles. The van der Waals surface area contributed by atoms with Crippen LogP contribution in [0, 0.1) is 0 Å². The Morgan fingerprint density at radius 2 is 2.17 bits per heavy atom. The highest BCUT2D eigenvalue weighted by molar-refractivity contribution is 7.17. The van der Waals surface area contributed by atoms with Crippen LogP contribution < -0.4 is 0 Å². The average Bonchev–Trinajstić information content (AvgIpc) is 2.78. The normalized spacial score (nSPS) is 21.2. The number of hydrogen-bond donors (Lipinski definition) is 0. The third-order valence-electron chi connectivity index (χ3n) is 3.89. The molecular formula is C16H19NS. The molecule has 2 aromatic rings. The van der Waals surface area contributed by atoms with Crippen LogP contribution in [0.4, 0.5) is 0 Å². The standard InChI is InChI=1S/C16H19NS/c1-12-7-8-17(2)14(9-12)10-13-11-18-16-6-4-3-5-15(13)16/h3-6,9,11,14H,7-8,10H2,1-2H3. The number of thiophene rings is 1. The molecule has 0 saturated heterocycles. The first-order chi connectivity index (χ1) is 8.74. The monoisotopic (exact) mass is 257 g/mol. The van der Waals surface area contributed by atoms with Crippen molar-refractivity contribution in [1.82, 2.24) is 4.90 Å². The van der Waals surface area contributed by atoms with Gasteiger partial charge in [0.1, 0.15) is 0 Å². The van der Waals surface area contributed by atoms with Crippen molar-refractivity contribution in [2.45, 2.75) is 25.8 Å². The van der Waals surface area contributed by atoms with Crippen molar-refractivity contribution < 1.29 is 0 Å². The fourth-order valence-corrected chi connectivity index (χ4v) is 3.66. The van der Waals surface area contributed by atoms with Crippen molar-refractivity contribution in [3.8, 4) is 0 Å². The number of fused-ring (bicyclic) bond motifs is 1. The highest BCUT2D eigenvalue weighted by atomic mass is 32.1. The van der Waals surface area contributed by atoms with Crippen LogP contribution in [0.3, 0.4) is 0 Å². The summed E-state index contributed by atoms with van der Waals surface area (Å²) < 4.78 is 1.41. The fourth-order valence-electron chi connectivity index (χ4n) is 2.69. The van der Waals surface area contributed by atoms with E-state index in [4.69, 9.17) is 0 Å². The molecule has 1 atom stereocenters. The lowest BCUT2D eigenvalue weighted by Crippen LogP contribution is -2.35. The maximum Gasteiger partial charge on any atom is 0.0345 e. The molecule has 0 N–H and O–H groups in total. The molecule has 3 rings (SSSR count). The van der Waals surface area contributed by atoms with Gasteiger partial charge < -0.3 is 0 Å². The van der Waals surface area contributed by atoms with E-state index in [-0.39, 0.29) is 0 Å². The van der Waals surface area contributed by atoms with E-state index in [1.165, 1.54) is 34.2 Å². The largest absolute Gasteiger partial charge is 0.299 e. The molecule has 0 saturated carbocycles. The highest BCUT2D eigenvalue weighted by Crippen LogP contribution is 2.28. The number of likely N-dealkylation sites (N-methyl/N-ethyl adjacent to an activating group) is 1. The lowest BCUT2D eigenvalue weighted by atomic mass is 9.98. The van der Waals surface area contributed by atoms with Crippen molar-refractivity contribution in [2.75, 3.05) is 13.6 Å². The lowest BCUT2D eigenvalue weighted by molar-refractivity contribution is 0.269. The van der Waals surface area contributed by atoms with Crippen molar-refractivity contribution >= 4 is 21.4 Å². The first kappa shape index (κ1) is 11.9. The van der Waals surface area contributed by atoms with E-state index in [1.807, 2.05) is 11.3 Å². The van der Waals surface area contributed by atoms with Crippen molar-refractivity contribution in [2.24, 2.45) is 0 Å². The van der Waals surface area contributed by atoms with Crippen molar-refractivity contribution in [1.29, 1.82) is 0 Å². The Morgan fingerprint density at radius 1 is 1.33 bits per heavy atom. The molecule has 1 aromatic carbocycles. The Kier molecular flexibility index (Phi) is 3.23. The van der Waals surface area contributed by atoms with Crippen molar-refractivity contribution in [3.63, 3.8) is 0 Å². The van der Waals surface area contributed by atoms with E-state index in [0.717, 1.165) is 6.42 Å². The maximum absolute atomic E-state index is 2.47. The summed E-state index contributed by atoms with van der Waals surface area (Å²) in [5.41, 5.74) is 3.04. The molecule has 0 spiro atoms. The van der Waals surface area contributed by atoms with Crippen LogP contribution in [0.2, 0.25) is 0 Å². The number of rotatable bonds is 2. The van der Waals surface area contributed by atoms with Gasteiger partial charge in [-0.2, -0.15) is 0 Å². The van der Waals surface area contributed by atoms with Gasteiger partial charge >= 0.3 is 0 Å². The molecule has 0 amide bonds. The molecule has 18 heavy (non-hydrogen) atoms. The minimum absolute atomic E-state index is 0.566. The summed E-state index contributed by atoms with van der Waals surface area (Å²) >= 11 is 1.87. The summed E-state index contributed by atoms with van der Waals surface area (Å²) in [6, 6.07) is 9.30. The molecule has 94 valence electrons. The summed E-state index contributed by atoms with van der Waals surface area (Å²) in [7, 11) is 2.24. The van der Waals surface area contributed by atoms with E-state index in [9.17, 15) is 0 Å². The van der Waals surface area contributed by atoms with Gasteiger partial charge in [-0.25, -0.2) is 0 Å². The smallest absolute Gasteiger partial charge is 0.0345 e. The summed E-state index contributed by atoms with van der Waals surface area (Å²) in [6.07, 6.45) is 4.80. The molecule has 1 unspecified atom stereocenters. The molecule has 1 aliphatic rings. The van der Waals surface area contributed by atoms with Gasteiger partial charge in [-0.15, -0.1) is 11.3 Å². The zero-order chi connectivity index (χ0) is 12.5. The Morgan fingerprint density at radius 3 is 3.06 bits per heavy atom. The second-order valence-corrected chi connectivity index (χ2v) is 6.18. The van der Waals surface area contributed by atoms with E-state index >= 15 is 0 Å². The van der Waals surface area contributed by atoms with Gasteiger partial charge in [-0.1, -0.05) is 29.8 Å². The summed E-state index contributed by atoms with van der Waals surface area (Å²) in [4.78, 5) is 2.47. The van der Waals surface area contributed by atoms with Crippen LogP contribution in [0.1, 0.15) is 18.9 Å². The molecular weight excluding hydrogens is 238 g/mol. The molecule has 0 radical (unpaired) electrons. The third-order valence-corrected chi connectivity index (χ3v) is 4.90. The molecule has 1 nitrogen and oxygen atoms in total. The Labute approximate surface area is 113 Å². The summed E-state index contributed by atoms with van der Waals surface area (Å²) in [6.45, 7) is 3.45. The average molecular weight is 257 g/mol. The van der Waals surface area contributed by atoms with E-state index < -0.39 is 0 Å². The van der Waals surface area contributed by atoms with E-state index in [1.54, 1.807) is 0 Å². The zero-order valence-electron chi connectivity index (χ0n) is 11.0. The molecule has 1 aliphatic heterocycles. The first-order valence-electron chi connectivity index (χ1n) is 6.56. The molecule has 2 heteroatoms. The van der Waals surface area contributed by atoms with E-state index in [2.05, 4.69) is 54.6 Å². The van der Waals surface area contributed by atoms with Gasteiger partial charge in [0.15, 0.2) is 0 Å². The highest BCUT2D eigenvalue weighted by Gasteiger charge is 2.18. The van der Waals surface area contributed by atoms with Crippen LogP contribution in [0.15, 0.2) is 41.3 Å². The second kappa shape index (κ2) is 4.87. The second-order valence-electron chi connectivity index (χ2n) is 5.27. The lowest BCUT2D eigenvalue weighted by Gasteiger charge is -2.30. The van der Waals surface area contributed by atoms with Crippen LogP contribution in [-0.2, 0) is 6.42 Å². The van der Waals surface area contributed by atoms with Gasteiger partial charge in [-0.3, -0.25) is 4.90 Å². The number of benzene rings is 1. The van der Waals surface area contributed by atoms with E-state index in [0.29, 0.717) is 6.04 Å². The van der Waals surface area contributed by atoms with Gasteiger partial charge in [-0.05, 0) is 49.2 Å². The molecule has 0 bridgehead atoms. The summed E-state index contributed by atoms with van der Waals surface area (Å²) in [5.74, 6) is 0. The van der Waals surface area contributed by atoms with Crippen LogP contribution in [-0.4, -0.2) is 24.5 Å². The molecule has 0 aliphatic carbocycles. The predicted octanol–water partition coefficient (Wildman–Crippen LogP) is 4.09. The maximum atomic E-state index is 2.47. The van der Waals surface area contributed by atoms with Crippen LogP contribution >= 0.6 is 11.3 Å². The molecule has 1 aromatic heterocycles. The summed E-state index contributed by atoms with van der Waals surface area (Å²) in [5, 5.41) is 3.77. The minimum atomic E-state index is 0.566. The van der Waals surface area contributed by atoms with Crippen LogP contribution in [0.25, 0.3) is 10.1 Å². The van der Waals surface area contributed by atoms with Crippen LogP contribution in [0.5, 0.6) is 0 Å². The van der Waals surface area contributed by atoms with Gasteiger partial charge in [0.25, 0.3) is 0 Å². The predicted molar refractivity (Wildman–Crippen MR) is 80.3 cm³/mol. The number of nitrogens with zero attached hydrogens (tertiary/aromatic N) is 1. The molecule has 0 fully saturated rings. The Balaban J connectivity index is 1.90. The van der Waals surface area contributed by atoms with Crippen molar-refractivity contribution in [3.05, 3.63) is 46.9 Å². The first-order valence-corrected chi connectivity index (χ1v) is 7.44. The van der Waals surface area contributed by atoms with Gasteiger partial charge in [0.05, 0.1) is 0 Å². The third kappa shape index (κ3) is 2.23. The Hall–Kier alpha value is -1.12. The quantitative estimate of drug-likeness (QED) is 0.732. The Bertz CT molecular complexity index is 582. The minimum Gasteiger partial charge on any atom is -0.299 e.